The van der Waals surface area contributed by atoms with Gasteiger partial charge in [0.1, 0.15) is 24.1 Å². The summed E-state index contributed by atoms with van der Waals surface area (Å²) in [4.78, 5) is 10.4. The van der Waals surface area contributed by atoms with E-state index in [-0.39, 0.29) is 42.5 Å². The molecule has 0 unspecified atom stereocenters. The lowest BCUT2D eigenvalue weighted by Crippen LogP contribution is -2.36. The molecule has 0 aromatic heterocycles. The second kappa shape index (κ2) is 6.38. The monoisotopic (exact) mass is 327 g/mol. The van der Waals surface area contributed by atoms with Crippen LogP contribution in [0.25, 0.3) is 0 Å². The zero-order chi connectivity index (χ0) is 16.6. The van der Waals surface area contributed by atoms with Gasteiger partial charge < -0.3 is 18.9 Å². The van der Waals surface area contributed by atoms with Crippen molar-refractivity contribution in [1.82, 2.24) is 0 Å². The van der Waals surface area contributed by atoms with Crippen LogP contribution in [0.2, 0.25) is 0 Å². The summed E-state index contributed by atoms with van der Waals surface area (Å²) < 4.78 is 36.1. The van der Waals surface area contributed by atoms with E-state index >= 15 is 0 Å². The molecule has 0 bridgehead atoms. The number of nitro benzene ring substituents is 1. The van der Waals surface area contributed by atoms with Gasteiger partial charge in [-0.15, -0.1) is 0 Å². The molecular formula is C15H18FNO6. The van der Waals surface area contributed by atoms with Crippen LogP contribution >= 0.6 is 0 Å². The van der Waals surface area contributed by atoms with Gasteiger partial charge in [-0.1, -0.05) is 0 Å². The number of hydrogen-bond donors (Lipinski definition) is 0. The summed E-state index contributed by atoms with van der Waals surface area (Å²) in [6, 6.07) is 3.11. The summed E-state index contributed by atoms with van der Waals surface area (Å²) in [5, 5.41) is 11.0. The van der Waals surface area contributed by atoms with Gasteiger partial charge in [0.25, 0.3) is 0 Å². The van der Waals surface area contributed by atoms with Crippen LogP contribution in [0.1, 0.15) is 13.8 Å². The Morgan fingerprint density at radius 3 is 2.57 bits per heavy atom. The first-order valence-electron chi connectivity index (χ1n) is 7.45. The van der Waals surface area contributed by atoms with Gasteiger partial charge in [-0.3, -0.25) is 10.1 Å². The SMILES string of the molecule is CC(C)O[C@@H]1CO[C@H]2[C@@H]1OC[C@H]2Oc1cc(F)ccc1[N+](=O)[O-]. The molecule has 23 heavy (non-hydrogen) atoms. The van der Waals surface area contributed by atoms with Crippen LogP contribution in [0.3, 0.4) is 0 Å². The number of benzene rings is 1. The highest BCUT2D eigenvalue weighted by Crippen LogP contribution is 2.35. The molecule has 2 aliphatic rings. The van der Waals surface area contributed by atoms with Crippen molar-refractivity contribution in [3.8, 4) is 5.75 Å². The third-order valence-corrected chi connectivity index (χ3v) is 3.81. The zero-order valence-corrected chi connectivity index (χ0v) is 12.8. The third kappa shape index (κ3) is 3.29. The van der Waals surface area contributed by atoms with E-state index < -0.39 is 16.8 Å². The van der Waals surface area contributed by atoms with Crippen LogP contribution in [0.4, 0.5) is 10.1 Å². The maximum Gasteiger partial charge on any atom is 0.311 e. The third-order valence-electron chi connectivity index (χ3n) is 3.81. The summed E-state index contributed by atoms with van der Waals surface area (Å²) in [5.74, 6) is -0.726. The minimum Gasteiger partial charge on any atom is -0.478 e. The van der Waals surface area contributed by atoms with Gasteiger partial charge in [0.2, 0.25) is 0 Å². The van der Waals surface area contributed by atoms with Gasteiger partial charge in [0, 0.05) is 12.1 Å². The van der Waals surface area contributed by atoms with Crippen molar-refractivity contribution in [3.63, 3.8) is 0 Å². The van der Waals surface area contributed by atoms with Crippen molar-refractivity contribution < 1.29 is 28.3 Å². The summed E-state index contributed by atoms with van der Waals surface area (Å²) >= 11 is 0. The maximum absolute atomic E-state index is 13.4. The smallest absolute Gasteiger partial charge is 0.311 e. The molecule has 0 saturated carbocycles. The second-order valence-electron chi connectivity index (χ2n) is 5.84. The topological polar surface area (TPSA) is 80.1 Å². The van der Waals surface area contributed by atoms with Crippen LogP contribution in [0.5, 0.6) is 5.75 Å². The van der Waals surface area contributed by atoms with E-state index in [4.69, 9.17) is 18.9 Å². The van der Waals surface area contributed by atoms with Crippen LogP contribution in [0, 0.1) is 15.9 Å². The summed E-state index contributed by atoms with van der Waals surface area (Å²) in [6.07, 6.45) is -1.37. The fourth-order valence-corrected chi connectivity index (χ4v) is 2.89. The Bertz CT molecular complexity index is 595. The van der Waals surface area contributed by atoms with E-state index in [1.54, 1.807) is 0 Å². The van der Waals surface area contributed by atoms with Crippen LogP contribution in [-0.4, -0.2) is 48.7 Å². The van der Waals surface area contributed by atoms with E-state index in [0.717, 1.165) is 18.2 Å². The van der Waals surface area contributed by atoms with Gasteiger partial charge in [0.05, 0.1) is 24.2 Å². The fourth-order valence-electron chi connectivity index (χ4n) is 2.89. The molecule has 2 fully saturated rings. The molecule has 2 aliphatic heterocycles. The van der Waals surface area contributed by atoms with Gasteiger partial charge in [0.15, 0.2) is 11.9 Å². The average Bonchev–Trinajstić information content (AvgIpc) is 3.02. The molecule has 126 valence electrons. The Morgan fingerprint density at radius 2 is 1.91 bits per heavy atom. The molecule has 0 aliphatic carbocycles. The highest BCUT2D eigenvalue weighted by Gasteiger charge is 2.50. The van der Waals surface area contributed by atoms with Gasteiger partial charge >= 0.3 is 5.69 Å². The van der Waals surface area contributed by atoms with E-state index in [0.29, 0.717) is 6.61 Å². The zero-order valence-electron chi connectivity index (χ0n) is 12.8. The minimum atomic E-state index is -0.609. The lowest BCUT2D eigenvalue weighted by atomic mass is 10.1. The minimum absolute atomic E-state index is 0.0372. The van der Waals surface area contributed by atoms with Gasteiger partial charge in [-0.05, 0) is 19.9 Å². The molecular weight excluding hydrogens is 309 g/mol. The normalized spacial score (nSPS) is 29.7. The first-order chi connectivity index (χ1) is 11.0. The molecule has 2 saturated heterocycles. The number of fused-ring (bicyclic) bond motifs is 1. The van der Waals surface area contributed by atoms with Crippen molar-refractivity contribution in [2.24, 2.45) is 0 Å². The molecule has 2 heterocycles. The number of hydrogen-bond acceptors (Lipinski definition) is 6. The van der Waals surface area contributed by atoms with E-state index in [1.807, 2.05) is 13.8 Å². The Kier molecular flexibility index (Phi) is 4.47. The number of ether oxygens (including phenoxy) is 4. The molecule has 4 atom stereocenters. The number of rotatable bonds is 5. The Balaban J connectivity index is 1.73. The molecule has 3 rings (SSSR count). The molecule has 0 amide bonds. The van der Waals surface area contributed by atoms with Crippen LogP contribution in [0.15, 0.2) is 18.2 Å². The maximum atomic E-state index is 13.4. The van der Waals surface area contributed by atoms with Gasteiger partial charge in [-0.2, -0.15) is 0 Å². The molecule has 0 radical (unpaired) electrons. The predicted molar refractivity (Wildman–Crippen MR) is 77.0 cm³/mol. The summed E-state index contributed by atoms with van der Waals surface area (Å²) in [6.45, 7) is 4.43. The van der Waals surface area contributed by atoms with E-state index in [9.17, 15) is 14.5 Å². The largest absolute Gasteiger partial charge is 0.478 e. The average molecular weight is 327 g/mol. The second-order valence-corrected chi connectivity index (χ2v) is 5.84. The Morgan fingerprint density at radius 1 is 1.26 bits per heavy atom. The Labute approximate surface area is 132 Å². The molecule has 7 nitrogen and oxygen atoms in total. The van der Waals surface area contributed by atoms with Crippen molar-refractivity contribution in [1.29, 1.82) is 0 Å². The molecule has 0 N–H and O–H groups in total. The van der Waals surface area contributed by atoms with Crippen molar-refractivity contribution >= 4 is 5.69 Å². The first kappa shape index (κ1) is 16.1. The van der Waals surface area contributed by atoms with Crippen molar-refractivity contribution in [2.75, 3.05) is 13.2 Å². The number of nitrogens with zero attached hydrogens (tertiary/aromatic N) is 1. The van der Waals surface area contributed by atoms with E-state index in [2.05, 4.69) is 0 Å². The highest BCUT2D eigenvalue weighted by atomic mass is 19.1. The molecule has 1 aromatic carbocycles. The summed E-state index contributed by atoms with van der Waals surface area (Å²) in [5.41, 5.74) is -0.289. The molecule has 8 heteroatoms. The van der Waals surface area contributed by atoms with Crippen molar-refractivity contribution in [3.05, 3.63) is 34.1 Å². The molecule has 1 aromatic rings. The standard InChI is InChI=1S/C15H18FNO6/c1-8(2)22-12-6-20-15-13(7-21-14(12)15)23-11-5-9(16)3-4-10(11)17(18)19/h3-5,8,12-15H,6-7H2,1-2H3/t12-,13-,14-,15-/m1/s1. The van der Waals surface area contributed by atoms with Crippen LogP contribution < -0.4 is 4.74 Å². The summed E-state index contributed by atoms with van der Waals surface area (Å²) in [7, 11) is 0. The lowest BCUT2D eigenvalue weighted by molar-refractivity contribution is -0.386. The fraction of sp³-hybridized carbons (Fsp3) is 0.600. The number of nitro groups is 1. The lowest BCUT2D eigenvalue weighted by Gasteiger charge is -2.19. The van der Waals surface area contributed by atoms with Gasteiger partial charge in [-0.25, -0.2) is 4.39 Å². The quantitative estimate of drug-likeness (QED) is 0.608. The number of halogens is 1. The predicted octanol–water partition coefficient (Wildman–Crippen LogP) is 2.07. The first-order valence-corrected chi connectivity index (χ1v) is 7.45. The highest BCUT2D eigenvalue weighted by molar-refractivity contribution is 5.46. The Hall–Kier alpha value is -1.77. The van der Waals surface area contributed by atoms with Crippen molar-refractivity contribution in [2.45, 2.75) is 44.4 Å². The molecule has 0 spiro atoms. The van der Waals surface area contributed by atoms with Crippen LogP contribution in [-0.2, 0) is 14.2 Å². The van der Waals surface area contributed by atoms with E-state index in [1.165, 1.54) is 0 Å².